The molecule has 1 aliphatic heterocycles. The first kappa shape index (κ1) is 26.6. The quantitative estimate of drug-likeness (QED) is 0.240. The van der Waals surface area contributed by atoms with Crippen molar-refractivity contribution in [2.24, 2.45) is 4.99 Å². The average molecular weight is 632 g/mol. The Morgan fingerprint density at radius 2 is 1.98 bits per heavy atom. The topological polar surface area (TPSA) is 52.8 Å². The second-order valence-electron chi connectivity index (χ2n) is 9.42. The van der Waals surface area contributed by atoms with Crippen LogP contribution in [0.1, 0.15) is 41.6 Å². The maximum absolute atomic E-state index is 14.0. The Hall–Kier alpha value is -3.57. The highest BCUT2D eigenvalue weighted by molar-refractivity contribution is 9.10. The normalized spacial score (nSPS) is 15.9. The van der Waals surface area contributed by atoms with Gasteiger partial charge in [0.15, 0.2) is 16.3 Å². The maximum atomic E-state index is 14.0. The lowest BCUT2D eigenvalue weighted by molar-refractivity contribution is 0.299. The summed E-state index contributed by atoms with van der Waals surface area (Å²) >= 11 is 11.5. The van der Waals surface area contributed by atoms with E-state index in [9.17, 15) is 4.79 Å². The zero-order chi connectivity index (χ0) is 27.8. The van der Waals surface area contributed by atoms with Gasteiger partial charge in [-0.15, -0.1) is 6.42 Å². The van der Waals surface area contributed by atoms with Crippen LogP contribution in [-0.2, 0) is 6.42 Å². The largest absolute Gasteiger partial charge is 0.490 e. The molecule has 1 aliphatic carbocycles. The fraction of sp³-hybridized carbons (Fsp3) is 0.188. The van der Waals surface area contributed by atoms with Crippen molar-refractivity contribution < 1.29 is 9.47 Å². The van der Waals surface area contributed by atoms with Crippen molar-refractivity contribution >= 4 is 50.6 Å². The molecule has 200 valence electrons. The lowest BCUT2D eigenvalue weighted by Crippen LogP contribution is -2.38. The van der Waals surface area contributed by atoms with Gasteiger partial charge in [0.1, 0.15) is 6.61 Å². The molecule has 2 heterocycles. The number of aryl methyl sites for hydroxylation is 1. The average Bonchev–Trinajstić information content (AvgIpc) is 3.26. The number of allylic oxidation sites excluding steroid dienone is 1. The van der Waals surface area contributed by atoms with Gasteiger partial charge in [-0.3, -0.25) is 9.36 Å². The van der Waals surface area contributed by atoms with Crippen LogP contribution in [0.4, 0.5) is 0 Å². The molecule has 0 spiro atoms. The molecule has 0 N–H and O–H groups in total. The van der Waals surface area contributed by atoms with Crippen molar-refractivity contribution in [3.8, 4) is 23.8 Å². The van der Waals surface area contributed by atoms with Crippen LogP contribution in [0.25, 0.3) is 11.8 Å². The Labute approximate surface area is 249 Å². The number of ether oxygens (including phenoxy) is 2. The number of hydrogen-bond acceptors (Lipinski definition) is 5. The molecule has 4 aromatic rings. The molecule has 0 unspecified atom stereocenters. The zero-order valence-corrected chi connectivity index (χ0v) is 24.8. The molecule has 0 radical (unpaired) electrons. The maximum Gasteiger partial charge on any atom is 0.271 e. The predicted molar refractivity (Wildman–Crippen MR) is 164 cm³/mol. The molecule has 0 fully saturated rings. The van der Waals surface area contributed by atoms with E-state index in [4.69, 9.17) is 32.5 Å². The lowest BCUT2D eigenvalue weighted by atomic mass is 9.83. The molecule has 0 saturated heterocycles. The van der Waals surface area contributed by atoms with Gasteiger partial charge in [0.2, 0.25) is 0 Å². The van der Waals surface area contributed by atoms with Gasteiger partial charge in [0.05, 0.1) is 27.9 Å². The van der Waals surface area contributed by atoms with E-state index in [1.165, 1.54) is 16.9 Å². The van der Waals surface area contributed by atoms with Crippen LogP contribution in [0.15, 0.2) is 80.5 Å². The SMILES string of the molecule is C#CCOc1c(Cl)cc(/C=c2\sc3n(c2=O)[C@@H](c2ccc(Br)cc2)C2=C(N=3)c3ccccc3CC2)cc1OCC. The monoisotopic (exact) mass is 630 g/mol. The molecule has 0 saturated carbocycles. The smallest absolute Gasteiger partial charge is 0.271 e. The third-order valence-electron chi connectivity index (χ3n) is 6.99. The summed E-state index contributed by atoms with van der Waals surface area (Å²) < 4.78 is 14.8. The molecule has 1 aromatic heterocycles. The van der Waals surface area contributed by atoms with Crippen molar-refractivity contribution in [3.05, 3.63) is 118 Å². The van der Waals surface area contributed by atoms with Gasteiger partial charge in [-0.2, -0.15) is 0 Å². The van der Waals surface area contributed by atoms with E-state index in [-0.39, 0.29) is 18.2 Å². The van der Waals surface area contributed by atoms with E-state index in [1.54, 1.807) is 6.07 Å². The summed E-state index contributed by atoms with van der Waals surface area (Å²) in [6, 6.07) is 19.9. The van der Waals surface area contributed by atoms with Crippen molar-refractivity contribution in [2.45, 2.75) is 25.8 Å². The summed E-state index contributed by atoms with van der Waals surface area (Å²) in [6.07, 6.45) is 8.95. The molecule has 1 atom stereocenters. The van der Waals surface area contributed by atoms with Crippen LogP contribution >= 0.6 is 38.9 Å². The Kier molecular flexibility index (Phi) is 7.41. The minimum Gasteiger partial charge on any atom is -0.490 e. The lowest BCUT2D eigenvalue weighted by Gasteiger charge is -2.30. The first-order chi connectivity index (χ1) is 19.5. The molecule has 8 heteroatoms. The summed E-state index contributed by atoms with van der Waals surface area (Å²) in [7, 11) is 0. The van der Waals surface area contributed by atoms with E-state index in [0.717, 1.165) is 45.3 Å². The van der Waals surface area contributed by atoms with Crippen molar-refractivity contribution in [1.82, 2.24) is 4.57 Å². The highest BCUT2D eigenvalue weighted by Gasteiger charge is 2.32. The number of benzene rings is 3. The second kappa shape index (κ2) is 11.1. The Balaban J connectivity index is 1.54. The Morgan fingerprint density at radius 3 is 2.75 bits per heavy atom. The van der Waals surface area contributed by atoms with E-state index in [0.29, 0.717) is 32.5 Å². The third-order valence-corrected chi connectivity index (χ3v) is 8.78. The van der Waals surface area contributed by atoms with Gasteiger partial charge in [0.25, 0.3) is 5.56 Å². The summed E-state index contributed by atoms with van der Waals surface area (Å²) in [6.45, 7) is 2.38. The molecule has 2 aliphatic rings. The summed E-state index contributed by atoms with van der Waals surface area (Å²) in [5, 5.41) is 0.361. The van der Waals surface area contributed by atoms with Crippen LogP contribution in [0, 0.1) is 12.3 Å². The number of terminal acetylenes is 1. The fourth-order valence-electron chi connectivity index (χ4n) is 5.31. The predicted octanol–water partition coefficient (Wildman–Crippen LogP) is 6.15. The second-order valence-corrected chi connectivity index (χ2v) is 11.8. The van der Waals surface area contributed by atoms with Crippen LogP contribution < -0.4 is 24.4 Å². The minimum absolute atomic E-state index is 0.0710. The van der Waals surface area contributed by atoms with E-state index >= 15 is 0 Å². The number of fused-ring (bicyclic) bond motifs is 3. The summed E-state index contributed by atoms with van der Waals surface area (Å²) in [5.41, 5.74) is 6.23. The molecule has 0 bridgehead atoms. The van der Waals surface area contributed by atoms with Gasteiger partial charge in [-0.25, -0.2) is 4.99 Å². The number of rotatable bonds is 6. The van der Waals surface area contributed by atoms with Gasteiger partial charge in [-0.05, 0) is 72.4 Å². The zero-order valence-electron chi connectivity index (χ0n) is 21.6. The van der Waals surface area contributed by atoms with Crippen LogP contribution in [-0.4, -0.2) is 17.8 Å². The van der Waals surface area contributed by atoms with Crippen LogP contribution in [0.3, 0.4) is 0 Å². The fourth-order valence-corrected chi connectivity index (χ4v) is 6.85. The number of hydrogen-bond donors (Lipinski definition) is 0. The van der Waals surface area contributed by atoms with Crippen molar-refractivity contribution in [3.63, 3.8) is 0 Å². The Bertz CT molecular complexity index is 1880. The Morgan fingerprint density at radius 1 is 1.18 bits per heavy atom. The first-order valence-corrected chi connectivity index (χ1v) is 14.9. The molecule has 5 nitrogen and oxygen atoms in total. The van der Waals surface area contributed by atoms with E-state index in [1.807, 2.05) is 41.8 Å². The van der Waals surface area contributed by atoms with Gasteiger partial charge < -0.3 is 9.47 Å². The highest BCUT2D eigenvalue weighted by atomic mass is 79.9. The number of halogens is 2. The molecular weight excluding hydrogens is 608 g/mol. The minimum atomic E-state index is -0.239. The number of aromatic nitrogens is 1. The number of thiazole rings is 1. The third kappa shape index (κ3) is 4.81. The summed E-state index contributed by atoms with van der Waals surface area (Å²) in [4.78, 5) is 19.8. The van der Waals surface area contributed by atoms with Crippen LogP contribution in [0.5, 0.6) is 11.5 Å². The first-order valence-electron chi connectivity index (χ1n) is 12.9. The van der Waals surface area contributed by atoms with E-state index < -0.39 is 0 Å². The standard InChI is InChI=1S/C32H24BrClN2O3S/c1-3-15-39-30-25(34)16-19(17-26(30)38-4-2)18-27-31(37)36-29(21-9-12-22(33)13-10-21)24-14-11-20-7-5-6-8-23(20)28(24)35-32(36)40-27/h1,5-10,12-13,16-18,29H,4,11,14-15H2,2H3/b27-18-/t29-/m0/s1. The van der Waals surface area contributed by atoms with Gasteiger partial charge in [0, 0.05) is 10.0 Å². The molecule has 6 rings (SSSR count). The van der Waals surface area contributed by atoms with Crippen molar-refractivity contribution in [2.75, 3.05) is 13.2 Å². The van der Waals surface area contributed by atoms with Gasteiger partial charge >= 0.3 is 0 Å². The highest BCUT2D eigenvalue weighted by Crippen LogP contribution is 2.41. The van der Waals surface area contributed by atoms with Gasteiger partial charge in [-0.1, -0.05) is 81.2 Å². The molecule has 40 heavy (non-hydrogen) atoms. The van der Waals surface area contributed by atoms with E-state index in [2.05, 4.69) is 52.2 Å². The van der Waals surface area contributed by atoms with Crippen LogP contribution in [0.2, 0.25) is 5.02 Å². The number of nitrogens with zero attached hydrogens (tertiary/aromatic N) is 2. The molecule has 0 amide bonds. The molecular formula is C32H24BrClN2O3S. The molecule has 3 aromatic carbocycles. The summed E-state index contributed by atoms with van der Waals surface area (Å²) in [5.74, 6) is 3.31. The van der Waals surface area contributed by atoms with Crippen molar-refractivity contribution in [1.29, 1.82) is 0 Å².